The number of nitrogens with zero attached hydrogens (tertiary/aromatic N) is 2. The number of hydrogen-bond acceptors (Lipinski definition) is 3. The second-order valence-corrected chi connectivity index (χ2v) is 3.91. The molecule has 0 radical (unpaired) electrons. The monoisotopic (exact) mass is 221 g/mol. The van der Waals surface area contributed by atoms with E-state index < -0.39 is 0 Å². The van der Waals surface area contributed by atoms with Gasteiger partial charge in [-0.15, -0.1) is 0 Å². The predicted octanol–water partition coefficient (Wildman–Crippen LogP) is 1.94. The maximum Gasteiger partial charge on any atom is 0.170 e. The zero-order chi connectivity index (χ0) is 12.1. The lowest BCUT2D eigenvalue weighted by Crippen LogP contribution is -2.19. The van der Waals surface area contributed by atoms with Gasteiger partial charge in [0, 0.05) is 24.8 Å². The Bertz CT molecular complexity index is 388. The molecule has 0 saturated carbocycles. The normalized spacial score (nSPS) is 11.6. The van der Waals surface area contributed by atoms with Crippen molar-refractivity contribution in [3.63, 3.8) is 0 Å². The van der Waals surface area contributed by atoms with E-state index in [4.69, 9.17) is 10.9 Å². The van der Waals surface area contributed by atoms with Gasteiger partial charge in [0.15, 0.2) is 5.84 Å². The molecule has 0 aliphatic rings. The summed E-state index contributed by atoms with van der Waals surface area (Å²) in [7, 11) is 2.06. The third kappa shape index (κ3) is 2.66. The first kappa shape index (κ1) is 12.4. The van der Waals surface area contributed by atoms with Crippen LogP contribution in [-0.2, 0) is 0 Å². The zero-order valence-corrected chi connectivity index (χ0v) is 10.1. The Morgan fingerprint density at radius 3 is 2.69 bits per heavy atom. The van der Waals surface area contributed by atoms with E-state index in [1.54, 1.807) is 0 Å². The van der Waals surface area contributed by atoms with Gasteiger partial charge >= 0.3 is 0 Å². The van der Waals surface area contributed by atoms with Crippen molar-refractivity contribution >= 4 is 11.5 Å². The predicted molar refractivity (Wildman–Crippen MR) is 67.3 cm³/mol. The van der Waals surface area contributed by atoms with Crippen molar-refractivity contribution in [2.24, 2.45) is 10.9 Å². The summed E-state index contributed by atoms with van der Waals surface area (Å²) in [6, 6.07) is 5.79. The molecule has 0 aliphatic carbocycles. The van der Waals surface area contributed by atoms with E-state index in [9.17, 15) is 0 Å². The van der Waals surface area contributed by atoms with Crippen LogP contribution in [0.3, 0.4) is 0 Å². The summed E-state index contributed by atoms with van der Waals surface area (Å²) in [5, 5.41) is 11.6. The molecule has 0 aliphatic heterocycles. The van der Waals surface area contributed by atoms with E-state index in [-0.39, 0.29) is 5.84 Å². The molecule has 0 heterocycles. The standard InChI is InChI=1S/C12H19N3O/c1-4-7-15(3)11-6-5-10(8-9(11)2)12(13)14-16/h5-6,8,16H,4,7H2,1-3H3,(H2,13,14). The minimum atomic E-state index is 0.146. The largest absolute Gasteiger partial charge is 0.409 e. The van der Waals surface area contributed by atoms with Crippen LogP contribution >= 0.6 is 0 Å². The van der Waals surface area contributed by atoms with Gasteiger partial charge < -0.3 is 15.8 Å². The van der Waals surface area contributed by atoms with Crippen molar-refractivity contribution in [2.75, 3.05) is 18.5 Å². The summed E-state index contributed by atoms with van der Waals surface area (Å²) < 4.78 is 0. The molecule has 16 heavy (non-hydrogen) atoms. The number of oxime groups is 1. The average Bonchev–Trinajstić information content (AvgIpc) is 2.28. The summed E-state index contributed by atoms with van der Waals surface area (Å²) in [4.78, 5) is 2.20. The molecule has 0 saturated heterocycles. The fourth-order valence-corrected chi connectivity index (χ4v) is 1.76. The van der Waals surface area contributed by atoms with E-state index in [2.05, 4.69) is 24.0 Å². The van der Waals surface area contributed by atoms with E-state index in [0.29, 0.717) is 0 Å². The number of nitrogens with two attached hydrogens (primary N) is 1. The van der Waals surface area contributed by atoms with Gasteiger partial charge in [0.2, 0.25) is 0 Å². The highest BCUT2D eigenvalue weighted by Gasteiger charge is 2.06. The van der Waals surface area contributed by atoms with Gasteiger partial charge in [0.1, 0.15) is 0 Å². The molecule has 0 atom stereocenters. The van der Waals surface area contributed by atoms with E-state index in [0.717, 1.165) is 24.1 Å². The topological polar surface area (TPSA) is 61.8 Å². The van der Waals surface area contributed by atoms with Crippen LogP contribution in [0.5, 0.6) is 0 Å². The second kappa shape index (κ2) is 5.39. The molecule has 4 heteroatoms. The van der Waals surface area contributed by atoms with Gasteiger partial charge in [-0.1, -0.05) is 12.1 Å². The van der Waals surface area contributed by atoms with Gasteiger partial charge in [0.25, 0.3) is 0 Å². The SMILES string of the molecule is CCCN(C)c1ccc(/C(N)=N/O)cc1C. The number of anilines is 1. The van der Waals surface area contributed by atoms with Gasteiger partial charge in [0.05, 0.1) is 0 Å². The third-order valence-corrected chi connectivity index (χ3v) is 2.57. The highest BCUT2D eigenvalue weighted by molar-refractivity contribution is 5.97. The lowest BCUT2D eigenvalue weighted by Gasteiger charge is -2.21. The van der Waals surface area contributed by atoms with Crippen LogP contribution in [0, 0.1) is 6.92 Å². The summed E-state index contributed by atoms with van der Waals surface area (Å²) >= 11 is 0. The summed E-state index contributed by atoms with van der Waals surface area (Å²) in [6.45, 7) is 5.19. The fraction of sp³-hybridized carbons (Fsp3) is 0.417. The molecule has 88 valence electrons. The van der Waals surface area contributed by atoms with Crippen molar-refractivity contribution in [2.45, 2.75) is 20.3 Å². The zero-order valence-electron chi connectivity index (χ0n) is 10.1. The van der Waals surface area contributed by atoms with Crippen LogP contribution < -0.4 is 10.6 Å². The van der Waals surface area contributed by atoms with Gasteiger partial charge in [-0.05, 0) is 37.1 Å². The molecule has 1 aromatic carbocycles. The van der Waals surface area contributed by atoms with Gasteiger partial charge in [-0.25, -0.2) is 0 Å². The lowest BCUT2D eigenvalue weighted by atomic mass is 10.1. The highest BCUT2D eigenvalue weighted by atomic mass is 16.4. The van der Waals surface area contributed by atoms with Crippen LogP contribution in [0.25, 0.3) is 0 Å². The highest BCUT2D eigenvalue weighted by Crippen LogP contribution is 2.20. The van der Waals surface area contributed by atoms with Crippen molar-refractivity contribution in [3.05, 3.63) is 29.3 Å². The Morgan fingerprint density at radius 1 is 1.50 bits per heavy atom. The molecular weight excluding hydrogens is 202 g/mol. The smallest absolute Gasteiger partial charge is 0.170 e. The number of aryl methyl sites for hydroxylation is 1. The molecule has 0 unspecified atom stereocenters. The third-order valence-electron chi connectivity index (χ3n) is 2.57. The molecule has 4 nitrogen and oxygen atoms in total. The molecule has 1 aromatic rings. The maximum absolute atomic E-state index is 8.59. The van der Waals surface area contributed by atoms with Gasteiger partial charge in [-0.2, -0.15) is 0 Å². The van der Waals surface area contributed by atoms with Crippen molar-refractivity contribution < 1.29 is 5.21 Å². The Hall–Kier alpha value is -1.71. The summed E-state index contributed by atoms with van der Waals surface area (Å²) in [5.41, 5.74) is 8.58. The minimum Gasteiger partial charge on any atom is -0.409 e. The summed E-state index contributed by atoms with van der Waals surface area (Å²) in [6.07, 6.45) is 1.11. The molecule has 0 amide bonds. The summed E-state index contributed by atoms with van der Waals surface area (Å²) in [5.74, 6) is 0.146. The molecule has 0 spiro atoms. The first-order valence-corrected chi connectivity index (χ1v) is 5.39. The molecule has 3 N–H and O–H groups in total. The lowest BCUT2D eigenvalue weighted by molar-refractivity contribution is 0.318. The molecule has 0 bridgehead atoms. The van der Waals surface area contributed by atoms with Crippen molar-refractivity contribution in [1.29, 1.82) is 0 Å². The van der Waals surface area contributed by atoms with Gasteiger partial charge in [-0.3, -0.25) is 0 Å². The molecule has 1 rings (SSSR count). The van der Waals surface area contributed by atoms with E-state index in [1.165, 1.54) is 5.69 Å². The van der Waals surface area contributed by atoms with Crippen LogP contribution in [-0.4, -0.2) is 24.6 Å². The van der Waals surface area contributed by atoms with E-state index in [1.807, 2.05) is 25.1 Å². The Labute approximate surface area is 96.4 Å². The average molecular weight is 221 g/mol. The van der Waals surface area contributed by atoms with Crippen LogP contribution in [0.15, 0.2) is 23.4 Å². The van der Waals surface area contributed by atoms with Crippen molar-refractivity contribution in [3.8, 4) is 0 Å². The number of benzene rings is 1. The molecular formula is C12H19N3O. The molecule has 0 fully saturated rings. The Balaban J connectivity index is 3.00. The first-order chi connectivity index (χ1) is 7.60. The van der Waals surface area contributed by atoms with Crippen LogP contribution in [0.2, 0.25) is 0 Å². The van der Waals surface area contributed by atoms with Crippen LogP contribution in [0.4, 0.5) is 5.69 Å². The quantitative estimate of drug-likeness (QED) is 0.353. The second-order valence-electron chi connectivity index (χ2n) is 3.91. The molecule has 0 aromatic heterocycles. The van der Waals surface area contributed by atoms with Crippen LogP contribution in [0.1, 0.15) is 24.5 Å². The number of rotatable bonds is 4. The minimum absolute atomic E-state index is 0.146. The number of amidine groups is 1. The fourth-order valence-electron chi connectivity index (χ4n) is 1.76. The first-order valence-electron chi connectivity index (χ1n) is 5.39. The number of hydrogen-bond donors (Lipinski definition) is 2. The Kier molecular flexibility index (Phi) is 4.17. The van der Waals surface area contributed by atoms with E-state index >= 15 is 0 Å². The van der Waals surface area contributed by atoms with Crippen molar-refractivity contribution in [1.82, 2.24) is 0 Å². The Morgan fingerprint density at radius 2 is 2.19 bits per heavy atom. The maximum atomic E-state index is 8.59.